The Bertz CT molecular complexity index is 710. The molecule has 0 bridgehead atoms. The lowest BCUT2D eigenvalue weighted by Crippen LogP contribution is -2.21. The normalized spacial score (nSPS) is 21.0. The van der Waals surface area contributed by atoms with Gasteiger partial charge in [-0.15, -0.1) is 0 Å². The number of benzene rings is 2. The fraction of sp³-hybridized carbons (Fsp3) is 0.435. The molecule has 4 rings (SSSR count). The molecule has 2 aromatic rings. The highest BCUT2D eigenvalue weighted by atomic mass is 16.3. The summed E-state index contributed by atoms with van der Waals surface area (Å²) in [6.45, 7) is 0. The molecule has 2 N–H and O–H groups in total. The second kappa shape index (κ2) is 6.64. The van der Waals surface area contributed by atoms with Crippen LogP contribution in [0.4, 0.5) is 0 Å². The van der Waals surface area contributed by atoms with Crippen LogP contribution in [0.3, 0.4) is 0 Å². The molecule has 0 aliphatic heterocycles. The van der Waals surface area contributed by atoms with Crippen molar-refractivity contribution in [3.63, 3.8) is 0 Å². The predicted octanol–water partition coefficient (Wildman–Crippen LogP) is 4.44. The van der Waals surface area contributed by atoms with E-state index in [0.717, 1.165) is 62.5 Å². The highest BCUT2D eigenvalue weighted by Gasteiger charge is 2.34. The number of ketones is 1. The van der Waals surface area contributed by atoms with E-state index >= 15 is 0 Å². The van der Waals surface area contributed by atoms with Gasteiger partial charge in [0.05, 0.1) is 11.2 Å². The van der Waals surface area contributed by atoms with Crippen LogP contribution in [-0.2, 0) is 11.2 Å². The van der Waals surface area contributed by atoms with E-state index in [1.165, 1.54) is 0 Å². The molecule has 2 fully saturated rings. The second-order valence-corrected chi connectivity index (χ2v) is 7.96. The first-order valence-electron chi connectivity index (χ1n) is 9.71. The third kappa shape index (κ3) is 3.10. The zero-order valence-electron chi connectivity index (χ0n) is 15.1. The van der Waals surface area contributed by atoms with Gasteiger partial charge in [0.25, 0.3) is 0 Å². The van der Waals surface area contributed by atoms with Crippen LogP contribution in [0.2, 0.25) is 0 Å². The molecule has 0 saturated heterocycles. The van der Waals surface area contributed by atoms with Crippen LogP contribution in [-0.4, -0.2) is 16.0 Å². The lowest BCUT2D eigenvalue weighted by atomic mass is 9.89. The monoisotopic (exact) mass is 350 g/mol. The minimum atomic E-state index is -0.722. The van der Waals surface area contributed by atoms with Crippen molar-refractivity contribution in [3.8, 4) is 0 Å². The first kappa shape index (κ1) is 17.4. The SMILES string of the molecule is O=C(c1ccc(C2(O)CCCC2)cc1)c1ccc(C2(O)CCCC2)cc1. The summed E-state index contributed by atoms with van der Waals surface area (Å²) in [5.74, 6) is -0.0278. The van der Waals surface area contributed by atoms with Crippen molar-refractivity contribution in [2.45, 2.75) is 62.6 Å². The van der Waals surface area contributed by atoms with E-state index in [2.05, 4.69) is 0 Å². The average molecular weight is 350 g/mol. The van der Waals surface area contributed by atoms with Crippen LogP contribution in [0.5, 0.6) is 0 Å². The van der Waals surface area contributed by atoms with Gasteiger partial charge < -0.3 is 10.2 Å². The zero-order chi connectivity index (χ0) is 18.2. The van der Waals surface area contributed by atoms with Crippen molar-refractivity contribution in [3.05, 3.63) is 70.8 Å². The summed E-state index contributed by atoms with van der Waals surface area (Å²) in [6.07, 6.45) is 7.39. The fourth-order valence-electron chi connectivity index (χ4n) is 4.53. The molecule has 0 amide bonds. The first-order chi connectivity index (χ1) is 12.5. The molecular formula is C23H26O3. The molecule has 0 atom stereocenters. The molecule has 2 saturated carbocycles. The van der Waals surface area contributed by atoms with Gasteiger partial charge in [0, 0.05) is 11.1 Å². The summed E-state index contributed by atoms with van der Waals surface area (Å²) in [5, 5.41) is 21.3. The molecule has 0 spiro atoms. The minimum absolute atomic E-state index is 0.0278. The average Bonchev–Trinajstić information content (AvgIpc) is 3.32. The van der Waals surface area contributed by atoms with Crippen LogP contribution >= 0.6 is 0 Å². The Hall–Kier alpha value is -1.97. The van der Waals surface area contributed by atoms with Gasteiger partial charge >= 0.3 is 0 Å². The maximum atomic E-state index is 12.7. The largest absolute Gasteiger partial charge is 0.385 e. The van der Waals surface area contributed by atoms with Crippen LogP contribution < -0.4 is 0 Å². The molecule has 2 aromatic carbocycles. The summed E-state index contributed by atoms with van der Waals surface area (Å²) >= 11 is 0. The Morgan fingerprint density at radius 3 is 1.23 bits per heavy atom. The lowest BCUT2D eigenvalue weighted by Gasteiger charge is -2.23. The molecule has 3 nitrogen and oxygen atoms in total. The highest BCUT2D eigenvalue weighted by molar-refractivity contribution is 6.09. The van der Waals surface area contributed by atoms with Gasteiger partial charge in [0.1, 0.15) is 0 Å². The molecule has 0 unspecified atom stereocenters. The van der Waals surface area contributed by atoms with Gasteiger partial charge in [0.15, 0.2) is 5.78 Å². The highest BCUT2D eigenvalue weighted by Crippen LogP contribution is 2.39. The molecule has 0 radical (unpaired) electrons. The second-order valence-electron chi connectivity index (χ2n) is 7.96. The zero-order valence-corrected chi connectivity index (χ0v) is 15.1. The molecule has 0 heterocycles. The Balaban J connectivity index is 1.52. The standard InChI is InChI=1S/C23H26O3/c24-21(17-5-9-19(10-6-17)22(25)13-1-2-14-22)18-7-11-20(12-8-18)23(26)15-3-4-16-23/h5-12,25-26H,1-4,13-16H2. The van der Waals surface area contributed by atoms with E-state index in [4.69, 9.17) is 0 Å². The van der Waals surface area contributed by atoms with Crippen LogP contribution in [0.15, 0.2) is 48.5 Å². The molecule has 2 aliphatic carbocycles. The number of aliphatic hydroxyl groups is 2. The van der Waals surface area contributed by atoms with E-state index in [1.54, 1.807) is 0 Å². The van der Waals surface area contributed by atoms with Gasteiger partial charge in [-0.05, 0) is 36.8 Å². The smallest absolute Gasteiger partial charge is 0.193 e. The number of rotatable bonds is 4. The molecule has 136 valence electrons. The number of carbonyl (C=O) groups is 1. The van der Waals surface area contributed by atoms with Crippen molar-refractivity contribution in [1.82, 2.24) is 0 Å². The summed E-state index contributed by atoms with van der Waals surface area (Å²) in [6, 6.07) is 14.8. The van der Waals surface area contributed by atoms with E-state index in [1.807, 2.05) is 48.5 Å². The van der Waals surface area contributed by atoms with Gasteiger partial charge in [-0.2, -0.15) is 0 Å². The van der Waals surface area contributed by atoms with Crippen molar-refractivity contribution in [1.29, 1.82) is 0 Å². The van der Waals surface area contributed by atoms with E-state index in [-0.39, 0.29) is 5.78 Å². The number of hydrogen-bond donors (Lipinski definition) is 2. The quantitative estimate of drug-likeness (QED) is 0.802. The summed E-state index contributed by atoms with van der Waals surface area (Å²) in [5.41, 5.74) is 1.63. The Morgan fingerprint density at radius 1 is 0.615 bits per heavy atom. The minimum Gasteiger partial charge on any atom is -0.385 e. The van der Waals surface area contributed by atoms with Crippen LogP contribution in [0, 0.1) is 0 Å². The van der Waals surface area contributed by atoms with E-state index in [0.29, 0.717) is 11.1 Å². The van der Waals surface area contributed by atoms with Gasteiger partial charge in [-0.25, -0.2) is 0 Å². The van der Waals surface area contributed by atoms with Crippen LogP contribution in [0.1, 0.15) is 78.4 Å². The fourth-order valence-corrected chi connectivity index (χ4v) is 4.53. The molecule has 3 heteroatoms. The van der Waals surface area contributed by atoms with Gasteiger partial charge in [0.2, 0.25) is 0 Å². The van der Waals surface area contributed by atoms with E-state index in [9.17, 15) is 15.0 Å². The lowest BCUT2D eigenvalue weighted by molar-refractivity contribution is 0.0441. The Labute approximate surface area is 154 Å². The van der Waals surface area contributed by atoms with Gasteiger partial charge in [-0.3, -0.25) is 4.79 Å². The van der Waals surface area contributed by atoms with Crippen molar-refractivity contribution in [2.24, 2.45) is 0 Å². The maximum Gasteiger partial charge on any atom is 0.193 e. The topological polar surface area (TPSA) is 57.5 Å². The molecule has 2 aliphatic rings. The van der Waals surface area contributed by atoms with Gasteiger partial charge in [-0.1, -0.05) is 74.2 Å². The maximum absolute atomic E-state index is 12.7. The number of hydrogen-bond acceptors (Lipinski definition) is 3. The third-order valence-corrected chi connectivity index (χ3v) is 6.23. The third-order valence-electron chi connectivity index (χ3n) is 6.23. The first-order valence-corrected chi connectivity index (χ1v) is 9.71. The predicted molar refractivity (Wildman–Crippen MR) is 101 cm³/mol. The van der Waals surface area contributed by atoms with Crippen molar-refractivity contribution < 1.29 is 15.0 Å². The van der Waals surface area contributed by atoms with E-state index < -0.39 is 11.2 Å². The number of carbonyl (C=O) groups excluding carboxylic acids is 1. The summed E-state index contributed by atoms with van der Waals surface area (Å²) in [4.78, 5) is 12.7. The molecule has 0 aromatic heterocycles. The summed E-state index contributed by atoms with van der Waals surface area (Å²) in [7, 11) is 0. The van der Waals surface area contributed by atoms with Crippen molar-refractivity contribution >= 4 is 5.78 Å². The Kier molecular flexibility index (Phi) is 4.45. The van der Waals surface area contributed by atoms with Crippen LogP contribution in [0.25, 0.3) is 0 Å². The van der Waals surface area contributed by atoms with Crippen molar-refractivity contribution in [2.75, 3.05) is 0 Å². The molecule has 26 heavy (non-hydrogen) atoms. The Morgan fingerprint density at radius 2 is 0.923 bits per heavy atom. The molecular weight excluding hydrogens is 324 g/mol. The summed E-state index contributed by atoms with van der Waals surface area (Å²) < 4.78 is 0.